The van der Waals surface area contributed by atoms with Crippen LogP contribution >= 0.6 is 0 Å². The van der Waals surface area contributed by atoms with Crippen LogP contribution in [0.5, 0.6) is 0 Å². The predicted octanol–water partition coefficient (Wildman–Crippen LogP) is -0.144. The van der Waals surface area contributed by atoms with Crippen molar-refractivity contribution in [3.63, 3.8) is 0 Å². The molecule has 1 rings (SSSR count). The molecule has 5 nitrogen and oxygen atoms in total. The first kappa shape index (κ1) is 10.9. The van der Waals surface area contributed by atoms with E-state index < -0.39 is 9.84 Å². The maximum absolute atomic E-state index is 11.3. The molecular weight excluding hydrogens is 202 g/mol. The van der Waals surface area contributed by atoms with Crippen LogP contribution in [0, 0.1) is 0 Å². The third kappa shape index (κ3) is 2.68. The quantitative estimate of drug-likeness (QED) is 0.730. The van der Waals surface area contributed by atoms with Crippen LogP contribution in [0.2, 0.25) is 0 Å². The van der Waals surface area contributed by atoms with E-state index in [9.17, 15) is 8.42 Å². The van der Waals surface area contributed by atoms with Crippen LogP contribution in [0.15, 0.2) is 23.2 Å². The minimum absolute atomic E-state index is 0.202. The number of nitrogens with zero attached hydrogens (tertiary/aromatic N) is 1. The third-order valence-electron chi connectivity index (χ3n) is 1.61. The van der Waals surface area contributed by atoms with Gasteiger partial charge in [0.1, 0.15) is 10.7 Å². The lowest BCUT2D eigenvalue weighted by molar-refractivity contribution is 0.602. The molecule has 0 saturated carbocycles. The van der Waals surface area contributed by atoms with E-state index in [0.717, 1.165) is 6.26 Å². The molecule has 0 aliphatic carbocycles. The van der Waals surface area contributed by atoms with Gasteiger partial charge in [0, 0.05) is 25.5 Å². The number of nitrogens with one attached hydrogen (secondary N) is 1. The lowest BCUT2D eigenvalue weighted by Crippen LogP contribution is -2.15. The Labute approximate surface area is 83.3 Å². The lowest BCUT2D eigenvalue weighted by atomic mass is 10.4. The second-order valence-electron chi connectivity index (χ2n) is 2.84. The first-order valence-corrected chi connectivity index (χ1v) is 6.04. The van der Waals surface area contributed by atoms with Gasteiger partial charge in [-0.05, 0) is 12.1 Å². The number of hydrogen-bond donors (Lipinski definition) is 2. The van der Waals surface area contributed by atoms with Crippen LogP contribution in [-0.2, 0) is 9.84 Å². The van der Waals surface area contributed by atoms with E-state index >= 15 is 0 Å². The Morgan fingerprint density at radius 3 is 2.86 bits per heavy atom. The summed E-state index contributed by atoms with van der Waals surface area (Å²) >= 11 is 0. The SMILES string of the molecule is CS(=O)(=O)c1cccnc1NCCN. The highest BCUT2D eigenvalue weighted by molar-refractivity contribution is 7.90. The third-order valence-corrected chi connectivity index (χ3v) is 2.74. The molecule has 6 heteroatoms. The van der Waals surface area contributed by atoms with Crippen molar-refractivity contribution in [1.82, 2.24) is 4.98 Å². The summed E-state index contributed by atoms with van der Waals surface area (Å²) in [6, 6.07) is 3.10. The summed E-state index contributed by atoms with van der Waals surface area (Å²) in [5.41, 5.74) is 5.30. The fraction of sp³-hybridized carbons (Fsp3) is 0.375. The van der Waals surface area contributed by atoms with Gasteiger partial charge in [-0.2, -0.15) is 0 Å². The van der Waals surface area contributed by atoms with E-state index in [-0.39, 0.29) is 4.90 Å². The number of pyridine rings is 1. The molecule has 0 bridgehead atoms. The minimum Gasteiger partial charge on any atom is -0.368 e. The van der Waals surface area contributed by atoms with Crippen LogP contribution in [-0.4, -0.2) is 32.7 Å². The van der Waals surface area contributed by atoms with Crippen LogP contribution in [0.1, 0.15) is 0 Å². The van der Waals surface area contributed by atoms with Gasteiger partial charge in [-0.25, -0.2) is 13.4 Å². The predicted molar refractivity (Wildman–Crippen MR) is 54.9 cm³/mol. The standard InChI is InChI=1S/C8H13N3O2S/c1-14(12,13)7-3-2-5-10-8(7)11-6-4-9/h2-3,5H,4,6,9H2,1H3,(H,10,11). The number of aromatic nitrogens is 1. The maximum Gasteiger partial charge on any atom is 0.179 e. The molecule has 14 heavy (non-hydrogen) atoms. The Morgan fingerprint density at radius 1 is 1.57 bits per heavy atom. The monoisotopic (exact) mass is 215 g/mol. The fourth-order valence-electron chi connectivity index (χ4n) is 1.01. The highest BCUT2D eigenvalue weighted by Crippen LogP contribution is 2.16. The summed E-state index contributed by atoms with van der Waals surface area (Å²) < 4.78 is 22.6. The molecule has 0 amide bonds. The van der Waals surface area contributed by atoms with E-state index in [1.807, 2.05) is 0 Å². The van der Waals surface area contributed by atoms with Crippen LogP contribution < -0.4 is 11.1 Å². The first-order chi connectivity index (χ1) is 6.55. The Balaban J connectivity index is 3.04. The van der Waals surface area contributed by atoms with Gasteiger partial charge in [-0.3, -0.25) is 0 Å². The van der Waals surface area contributed by atoms with Gasteiger partial charge in [0.2, 0.25) is 0 Å². The largest absolute Gasteiger partial charge is 0.368 e. The van der Waals surface area contributed by atoms with E-state index in [4.69, 9.17) is 5.73 Å². The molecule has 0 aromatic carbocycles. The summed E-state index contributed by atoms with van der Waals surface area (Å²) in [6.07, 6.45) is 2.69. The second kappa shape index (κ2) is 4.39. The van der Waals surface area contributed by atoms with E-state index in [0.29, 0.717) is 18.9 Å². The molecule has 0 fully saturated rings. The molecule has 0 unspecified atom stereocenters. The molecule has 0 radical (unpaired) electrons. The van der Waals surface area contributed by atoms with Gasteiger partial charge in [0.25, 0.3) is 0 Å². The Kier molecular flexibility index (Phi) is 3.43. The summed E-state index contributed by atoms with van der Waals surface area (Å²) in [6.45, 7) is 0.930. The van der Waals surface area contributed by atoms with Gasteiger partial charge < -0.3 is 11.1 Å². The summed E-state index contributed by atoms with van der Waals surface area (Å²) in [5, 5.41) is 2.85. The van der Waals surface area contributed by atoms with Crippen molar-refractivity contribution in [2.45, 2.75) is 4.90 Å². The molecule has 3 N–H and O–H groups in total. The smallest absolute Gasteiger partial charge is 0.179 e. The number of sulfone groups is 1. The van der Waals surface area contributed by atoms with Crippen molar-refractivity contribution in [1.29, 1.82) is 0 Å². The molecular formula is C8H13N3O2S. The summed E-state index contributed by atoms with van der Waals surface area (Å²) in [5.74, 6) is 0.362. The Bertz CT molecular complexity index is 403. The molecule has 78 valence electrons. The van der Waals surface area contributed by atoms with Gasteiger partial charge in [-0.1, -0.05) is 0 Å². The fourth-order valence-corrected chi connectivity index (χ4v) is 1.81. The number of anilines is 1. The van der Waals surface area contributed by atoms with Crippen molar-refractivity contribution in [3.8, 4) is 0 Å². The van der Waals surface area contributed by atoms with Crippen molar-refractivity contribution >= 4 is 15.7 Å². The second-order valence-corrected chi connectivity index (χ2v) is 4.82. The normalized spacial score (nSPS) is 11.3. The summed E-state index contributed by atoms with van der Waals surface area (Å²) in [7, 11) is -3.23. The van der Waals surface area contributed by atoms with Crippen molar-refractivity contribution < 1.29 is 8.42 Å². The highest BCUT2D eigenvalue weighted by Gasteiger charge is 2.12. The zero-order valence-electron chi connectivity index (χ0n) is 7.90. The Morgan fingerprint density at radius 2 is 2.29 bits per heavy atom. The van der Waals surface area contributed by atoms with Gasteiger partial charge in [0.05, 0.1) is 0 Å². The molecule has 0 spiro atoms. The maximum atomic E-state index is 11.3. The molecule has 1 aromatic rings. The molecule has 1 heterocycles. The van der Waals surface area contributed by atoms with Crippen LogP contribution in [0.4, 0.5) is 5.82 Å². The van der Waals surface area contributed by atoms with Crippen molar-refractivity contribution in [2.75, 3.05) is 24.7 Å². The molecule has 1 aromatic heterocycles. The Hall–Kier alpha value is -1.14. The van der Waals surface area contributed by atoms with E-state index in [1.165, 1.54) is 12.3 Å². The minimum atomic E-state index is -3.23. The molecule has 0 atom stereocenters. The zero-order chi connectivity index (χ0) is 10.6. The van der Waals surface area contributed by atoms with Gasteiger partial charge in [0.15, 0.2) is 9.84 Å². The first-order valence-electron chi connectivity index (χ1n) is 4.14. The summed E-state index contributed by atoms with van der Waals surface area (Å²) in [4.78, 5) is 4.14. The molecule has 0 saturated heterocycles. The topological polar surface area (TPSA) is 85.1 Å². The number of hydrogen-bond acceptors (Lipinski definition) is 5. The van der Waals surface area contributed by atoms with Crippen LogP contribution in [0.3, 0.4) is 0 Å². The molecule has 0 aliphatic heterocycles. The lowest BCUT2D eigenvalue weighted by Gasteiger charge is -2.07. The molecule has 0 aliphatic rings. The highest BCUT2D eigenvalue weighted by atomic mass is 32.2. The number of rotatable bonds is 4. The number of nitrogens with two attached hydrogens (primary N) is 1. The average Bonchev–Trinajstić information content (AvgIpc) is 2.14. The van der Waals surface area contributed by atoms with Crippen molar-refractivity contribution in [2.24, 2.45) is 5.73 Å². The van der Waals surface area contributed by atoms with Crippen molar-refractivity contribution in [3.05, 3.63) is 18.3 Å². The zero-order valence-corrected chi connectivity index (χ0v) is 8.71. The van der Waals surface area contributed by atoms with Gasteiger partial charge >= 0.3 is 0 Å². The van der Waals surface area contributed by atoms with Gasteiger partial charge in [-0.15, -0.1) is 0 Å². The van der Waals surface area contributed by atoms with E-state index in [1.54, 1.807) is 6.07 Å². The van der Waals surface area contributed by atoms with E-state index in [2.05, 4.69) is 10.3 Å². The average molecular weight is 215 g/mol. The van der Waals surface area contributed by atoms with Crippen LogP contribution in [0.25, 0.3) is 0 Å².